The second-order valence-corrected chi connectivity index (χ2v) is 24.5. The zero-order valence-electron chi connectivity index (χ0n) is 42.1. The van der Waals surface area contributed by atoms with E-state index in [2.05, 4.69) is 33.9 Å². The first kappa shape index (κ1) is 53.9. The van der Waals surface area contributed by atoms with Crippen LogP contribution in [0.25, 0.3) is 0 Å². The molecule has 10 nitrogen and oxygen atoms in total. The van der Waals surface area contributed by atoms with Gasteiger partial charge >= 0.3 is 0 Å². The zero-order valence-corrected chi connectivity index (χ0v) is 43.1. The molecule has 1 aliphatic rings. The topological polar surface area (TPSA) is 103 Å². The molecular formula is C60H74O10Si. The van der Waals surface area contributed by atoms with E-state index >= 15 is 0 Å². The number of ether oxygens (including phenoxy) is 8. The molecule has 1 saturated heterocycles. The third-order valence-electron chi connectivity index (χ3n) is 13.3. The Labute approximate surface area is 423 Å². The van der Waals surface area contributed by atoms with Crippen LogP contribution in [0.15, 0.2) is 182 Å². The van der Waals surface area contributed by atoms with Crippen molar-refractivity contribution in [2.24, 2.45) is 0 Å². The first-order valence-corrected chi connectivity index (χ1v) is 27.9. The highest BCUT2D eigenvalue weighted by Crippen LogP contribution is 2.37. The fourth-order valence-corrected chi connectivity index (χ4v) is 9.23. The summed E-state index contributed by atoms with van der Waals surface area (Å²) < 4.78 is 61.2. The molecule has 378 valence electrons. The van der Waals surface area contributed by atoms with Gasteiger partial charge in [0.25, 0.3) is 0 Å². The quantitative estimate of drug-likeness (QED) is 0.0478. The van der Waals surface area contributed by atoms with Crippen LogP contribution >= 0.6 is 0 Å². The van der Waals surface area contributed by atoms with Crippen molar-refractivity contribution in [2.75, 3.05) is 19.8 Å². The Hall–Kier alpha value is -4.86. The van der Waals surface area contributed by atoms with Gasteiger partial charge in [-0.3, -0.25) is 0 Å². The van der Waals surface area contributed by atoms with Gasteiger partial charge in [-0.25, -0.2) is 0 Å². The van der Waals surface area contributed by atoms with Crippen molar-refractivity contribution >= 4 is 8.32 Å². The third kappa shape index (κ3) is 17.1. The number of benzene rings is 6. The Morgan fingerprint density at radius 2 is 0.887 bits per heavy atom. The Balaban J connectivity index is 1.20. The number of aliphatic hydroxyl groups excluding tert-OH is 1. The number of hydrogen-bond acceptors (Lipinski definition) is 10. The van der Waals surface area contributed by atoms with E-state index in [-0.39, 0.29) is 38.1 Å². The summed E-state index contributed by atoms with van der Waals surface area (Å²) in [6.07, 6.45) is -5.96. The van der Waals surface area contributed by atoms with Crippen molar-refractivity contribution in [3.8, 4) is 0 Å². The summed E-state index contributed by atoms with van der Waals surface area (Å²) in [5, 5.41) is 12.6. The SMILES string of the molecule is CC(C)(C)[Si](C)(C)OCC[C@@H](OCc1ccccc1)[C@H](OCc1ccccc1)[C@H](O)CO[C@H]1O[C@H](COCc2ccccc2)[C@H](OCc2ccccc2)[C@H](OCc2ccccc2)[C@H]1OCc1ccccc1. The molecule has 1 heterocycles. The van der Waals surface area contributed by atoms with Crippen LogP contribution < -0.4 is 0 Å². The van der Waals surface area contributed by atoms with Gasteiger partial charge in [0.05, 0.1) is 59.0 Å². The Bertz CT molecular complexity index is 2340. The zero-order chi connectivity index (χ0) is 49.7. The Kier molecular flexibility index (Phi) is 21.1. The molecule has 6 aromatic rings. The molecule has 0 aliphatic carbocycles. The molecule has 1 N–H and O–H groups in total. The summed E-state index contributed by atoms with van der Waals surface area (Å²) in [4.78, 5) is 0. The molecule has 8 atom stereocenters. The molecule has 0 unspecified atom stereocenters. The summed E-state index contributed by atoms with van der Waals surface area (Å²) in [6, 6.07) is 60.1. The predicted octanol–water partition coefficient (Wildman–Crippen LogP) is 11.6. The Morgan fingerprint density at radius 1 is 0.493 bits per heavy atom. The maximum Gasteiger partial charge on any atom is 0.191 e. The van der Waals surface area contributed by atoms with E-state index in [1.165, 1.54) is 0 Å². The largest absolute Gasteiger partial charge is 0.417 e. The van der Waals surface area contributed by atoms with Gasteiger partial charge in [0.15, 0.2) is 14.6 Å². The van der Waals surface area contributed by atoms with Crippen LogP contribution in [-0.2, 0) is 82.0 Å². The van der Waals surface area contributed by atoms with Crippen molar-refractivity contribution in [2.45, 2.75) is 134 Å². The molecule has 11 heteroatoms. The van der Waals surface area contributed by atoms with Crippen LogP contribution in [0.1, 0.15) is 60.6 Å². The van der Waals surface area contributed by atoms with Crippen molar-refractivity contribution in [3.63, 3.8) is 0 Å². The highest BCUT2D eigenvalue weighted by molar-refractivity contribution is 6.74. The highest BCUT2D eigenvalue weighted by Gasteiger charge is 2.50. The van der Waals surface area contributed by atoms with E-state index in [4.69, 9.17) is 42.3 Å². The summed E-state index contributed by atoms with van der Waals surface area (Å²) in [5.41, 5.74) is 5.97. The van der Waals surface area contributed by atoms with Gasteiger partial charge in [-0.2, -0.15) is 0 Å². The molecule has 6 aromatic carbocycles. The monoisotopic (exact) mass is 983 g/mol. The van der Waals surface area contributed by atoms with E-state index in [0.29, 0.717) is 32.8 Å². The van der Waals surface area contributed by atoms with Crippen molar-refractivity contribution in [3.05, 3.63) is 215 Å². The van der Waals surface area contributed by atoms with Gasteiger partial charge in [0.1, 0.15) is 36.6 Å². The predicted molar refractivity (Wildman–Crippen MR) is 280 cm³/mol. The lowest BCUT2D eigenvalue weighted by molar-refractivity contribution is -0.332. The van der Waals surface area contributed by atoms with Gasteiger partial charge in [0.2, 0.25) is 0 Å². The lowest BCUT2D eigenvalue weighted by Gasteiger charge is -2.46. The molecule has 1 fully saturated rings. The van der Waals surface area contributed by atoms with E-state index < -0.39 is 57.3 Å². The lowest BCUT2D eigenvalue weighted by atomic mass is 9.97. The minimum atomic E-state index is -2.12. The van der Waals surface area contributed by atoms with Gasteiger partial charge in [-0.15, -0.1) is 0 Å². The molecule has 7 rings (SSSR count). The summed E-state index contributed by atoms with van der Waals surface area (Å²) in [6.45, 7) is 13.4. The average molecular weight is 983 g/mol. The fourth-order valence-electron chi connectivity index (χ4n) is 8.17. The maximum atomic E-state index is 12.5. The molecule has 1 aliphatic heterocycles. The van der Waals surface area contributed by atoms with E-state index in [0.717, 1.165) is 33.4 Å². The molecule has 0 radical (unpaired) electrons. The van der Waals surface area contributed by atoms with Crippen molar-refractivity contribution in [1.82, 2.24) is 0 Å². The number of hydrogen-bond donors (Lipinski definition) is 1. The second kappa shape index (κ2) is 27.8. The molecule has 0 amide bonds. The minimum absolute atomic E-state index is 0.0157. The highest BCUT2D eigenvalue weighted by atomic mass is 28.4. The maximum absolute atomic E-state index is 12.5. The van der Waals surface area contributed by atoms with Crippen LogP contribution in [0, 0.1) is 0 Å². The van der Waals surface area contributed by atoms with Crippen LogP contribution in [-0.4, -0.2) is 82.3 Å². The van der Waals surface area contributed by atoms with Crippen LogP contribution in [0.3, 0.4) is 0 Å². The second-order valence-electron chi connectivity index (χ2n) is 19.7. The first-order chi connectivity index (χ1) is 34.5. The normalized spacial score (nSPS) is 19.8. The first-order valence-electron chi connectivity index (χ1n) is 25.0. The lowest BCUT2D eigenvalue weighted by Crippen LogP contribution is -2.62. The number of aliphatic hydroxyl groups is 1. The minimum Gasteiger partial charge on any atom is -0.417 e. The van der Waals surface area contributed by atoms with Gasteiger partial charge in [0, 0.05) is 6.61 Å². The molecule has 0 bridgehead atoms. The molecule has 0 aromatic heterocycles. The van der Waals surface area contributed by atoms with E-state index in [9.17, 15) is 5.11 Å². The van der Waals surface area contributed by atoms with E-state index in [1.54, 1.807) is 0 Å². The Morgan fingerprint density at radius 3 is 1.34 bits per heavy atom. The third-order valence-corrected chi connectivity index (χ3v) is 17.8. The molecule has 0 spiro atoms. The van der Waals surface area contributed by atoms with Crippen LogP contribution in [0.4, 0.5) is 0 Å². The van der Waals surface area contributed by atoms with Crippen LogP contribution in [0.5, 0.6) is 0 Å². The summed E-state index contributed by atoms with van der Waals surface area (Å²) >= 11 is 0. The standard InChI is InChI=1S/C60H74O10Si/c1-60(2,3)71(4,5)69-37-36-53(63-39-47-26-14-7-15-27-47)55(64-40-48-28-16-8-17-29-48)52(61)44-68-59-58(67-43-51-34-22-11-23-35-51)57(66-42-50-32-20-10-21-33-50)56(65-41-49-30-18-9-19-31-49)54(70-59)45-62-38-46-24-12-6-13-25-46/h6-35,52-59,61H,36-45H2,1-5H3/t52-,53-,54-,55-,56+,57+,58-,59+/m1/s1. The van der Waals surface area contributed by atoms with Gasteiger partial charge < -0.3 is 47.4 Å². The number of rotatable bonds is 28. The van der Waals surface area contributed by atoms with Gasteiger partial charge in [-0.05, 0) is 57.9 Å². The van der Waals surface area contributed by atoms with E-state index in [1.807, 2.05) is 182 Å². The molecule has 0 saturated carbocycles. The van der Waals surface area contributed by atoms with Gasteiger partial charge in [-0.1, -0.05) is 203 Å². The summed E-state index contributed by atoms with van der Waals surface area (Å²) in [5.74, 6) is 0. The smallest absolute Gasteiger partial charge is 0.191 e. The molecular weight excluding hydrogens is 909 g/mol. The van der Waals surface area contributed by atoms with Crippen molar-refractivity contribution < 1.29 is 47.4 Å². The summed E-state index contributed by atoms with van der Waals surface area (Å²) in [7, 11) is -2.12. The molecule has 71 heavy (non-hydrogen) atoms. The fraction of sp³-hybridized carbons (Fsp3) is 0.400. The average Bonchev–Trinajstić information content (AvgIpc) is 3.39. The van der Waals surface area contributed by atoms with Crippen molar-refractivity contribution in [1.29, 1.82) is 0 Å². The van der Waals surface area contributed by atoms with Crippen LogP contribution in [0.2, 0.25) is 18.1 Å².